The third-order valence-electron chi connectivity index (χ3n) is 6.92. The van der Waals surface area contributed by atoms with Crippen LogP contribution in [-0.2, 0) is 33.1 Å². The van der Waals surface area contributed by atoms with E-state index in [1.54, 1.807) is 49.1 Å². The van der Waals surface area contributed by atoms with Crippen molar-refractivity contribution in [3.8, 4) is 5.75 Å². The molecule has 0 saturated heterocycles. The van der Waals surface area contributed by atoms with Gasteiger partial charge in [0, 0.05) is 25.7 Å². The molecule has 2 aromatic heterocycles. The van der Waals surface area contributed by atoms with E-state index in [-0.39, 0.29) is 49.0 Å². The van der Waals surface area contributed by atoms with Crippen molar-refractivity contribution in [2.75, 3.05) is 13.2 Å². The first-order valence-electron chi connectivity index (χ1n) is 12.8. The van der Waals surface area contributed by atoms with E-state index in [1.807, 2.05) is 38.1 Å². The Balaban J connectivity index is 1.53. The first kappa shape index (κ1) is 26.8. The lowest BCUT2D eigenvalue weighted by atomic mass is 9.87. The summed E-state index contributed by atoms with van der Waals surface area (Å²) in [5.74, 6) is -0.341. The largest absolute Gasteiger partial charge is 0.488 e. The van der Waals surface area contributed by atoms with Gasteiger partial charge in [-0.25, -0.2) is 18.1 Å². The van der Waals surface area contributed by atoms with Crippen molar-refractivity contribution in [3.63, 3.8) is 0 Å². The molecular formula is C28H31N5O5S. The summed E-state index contributed by atoms with van der Waals surface area (Å²) in [7, 11) is -2.02. The zero-order valence-electron chi connectivity index (χ0n) is 22.4. The number of hydrogen-bond donors (Lipinski definition) is 0. The second-order valence-electron chi connectivity index (χ2n) is 9.74. The molecule has 0 amide bonds. The Hall–Kier alpha value is -3.83. The van der Waals surface area contributed by atoms with Gasteiger partial charge < -0.3 is 9.47 Å². The summed E-state index contributed by atoms with van der Waals surface area (Å²) in [5, 5.41) is 8.21. The molecule has 2 atom stereocenters. The highest BCUT2D eigenvalue weighted by molar-refractivity contribution is 7.89. The van der Waals surface area contributed by atoms with Crippen LogP contribution in [-0.4, -0.2) is 57.9 Å². The molecule has 5 rings (SSSR count). The van der Waals surface area contributed by atoms with Crippen LogP contribution in [0.4, 0.5) is 0 Å². The molecule has 1 aliphatic rings. The monoisotopic (exact) mass is 549 g/mol. The van der Waals surface area contributed by atoms with E-state index >= 15 is 0 Å². The average molecular weight is 550 g/mol. The number of pyridine rings is 1. The summed E-state index contributed by atoms with van der Waals surface area (Å²) in [5.41, 5.74) is 4.69. The van der Waals surface area contributed by atoms with Crippen LogP contribution < -0.4 is 4.74 Å². The summed E-state index contributed by atoms with van der Waals surface area (Å²) in [6, 6.07) is 14.5. The fourth-order valence-electron chi connectivity index (χ4n) is 4.90. The van der Waals surface area contributed by atoms with Gasteiger partial charge in [-0.15, -0.1) is 5.10 Å². The molecule has 0 spiro atoms. The van der Waals surface area contributed by atoms with Crippen molar-refractivity contribution in [2.24, 2.45) is 7.05 Å². The number of aryl methyl sites for hydroxylation is 2. The number of hydrogen-bond acceptors (Lipinski definition) is 8. The molecule has 0 bridgehead atoms. The summed E-state index contributed by atoms with van der Waals surface area (Å²) in [6.07, 6.45) is 1.50. The van der Waals surface area contributed by atoms with Crippen LogP contribution in [0, 0.1) is 6.92 Å². The number of para-hydroxylation sites is 1. The second-order valence-corrected chi connectivity index (χ2v) is 11.7. The lowest BCUT2D eigenvalue weighted by molar-refractivity contribution is -0.143. The van der Waals surface area contributed by atoms with Gasteiger partial charge >= 0.3 is 5.97 Å². The topological polar surface area (TPSA) is 117 Å². The minimum absolute atomic E-state index is 0.101. The Morgan fingerprint density at radius 2 is 1.97 bits per heavy atom. The molecule has 3 heterocycles. The third kappa shape index (κ3) is 5.37. The van der Waals surface area contributed by atoms with Crippen molar-refractivity contribution < 1.29 is 22.7 Å². The molecular weight excluding hydrogens is 518 g/mol. The molecule has 2 aromatic carbocycles. The number of nitrogens with zero attached hydrogens (tertiary/aromatic N) is 5. The van der Waals surface area contributed by atoms with E-state index in [1.165, 1.54) is 4.31 Å². The number of aromatic nitrogens is 4. The van der Waals surface area contributed by atoms with Crippen molar-refractivity contribution in [3.05, 3.63) is 77.0 Å². The molecule has 0 fully saturated rings. The molecule has 1 unspecified atom stereocenters. The van der Waals surface area contributed by atoms with Gasteiger partial charge in [-0.05, 0) is 61.2 Å². The van der Waals surface area contributed by atoms with Gasteiger partial charge in [0.05, 0.1) is 19.6 Å². The summed E-state index contributed by atoms with van der Waals surface area (Å²) >= 11 is 0. The van der Waals surface area contributed by atoms with Crippen molar-refractivity contribution in [1.82, 2.24) is 24.3 Å². The number of ether oxygens (including phenoxy) is 2. The van der Waals surface area contributed by atoms with Gasteiger partial charge in [0.1, 0.15) is 22.3 Å². The molecule has 0 radical (unpaired) electrons. The van der Waals surface area contributed by atoms with E-state index in [0.717, 1.165) is 22.3 Å². The molecule has 204 valence electrons. The molecule has 39 heavy (non-hydrogen) atoms. The number of sulfonamides is 1. The van der Waals surface area contributed by atoms with E-state index in [0.29, 0.717) is 16.9 Å². The number of rotatable bonds is 7. The zero-order valence-corrected chi connectivity index (χ0v) is 23.2. The van der Waals surface area contributed by atoms with Gasteiger partial charge in [0.25, 0.3) is 0 Å². The maximum Gasteiger partial charge on any atom is 0.306 e. The lowest BCUT2D eigenvalue weighted by Crippen LogP contribution is -2.35. The quantitative estimate of drug-likeness (QED) is 0.320. The molecule has 0 N–H and O–H groups in total. The molecule has 1 aliphatic heterocycles. The summed E-state index contributed by atoms with van der Waals surface area (Å²) < 4.78 is 41.5. The van der Waals surface area contributed by atoms with Crippen molar-refractivity contribution >= 4 is 27.2 Å². The third-order valence-corrected chi connectivity index (χ3v) is 8.77. The van der Waals surface area contributed by atoms with E-state index in [9.17, 15) is 13.2 Å². The minimum atomic E-state index is -3.79. The Morgan fingerprint density at radius 1 is 1.18 bits per heavy atom. The lowest BCUT2D eigenvalue weighted by Gasteiger charge is -2.24. The van der Waals surface area contributed by atoms with Gasteiger partial charge in [-0.2, -0.15) is 4.31 Å². The first-order valence-corrected chi connectivity index (χ1v) is 14.3. The van der Waals surface area contributed by atoms with Crippen molar-refractivity contribution in [2.45, 2.75) is 50.7 Å². The fraction of sp³-hybridized carbons (Fsp3) is 0.357. The average Bonchev–Trinajstić information content (AvgIpc) is 3.24. The molecule has 10 nitrogen and oxygen atoms in total. The van der Waals surface area contributed by atoms with Gasteiger partial charge in [0.15, 0.2) is 5.65 Å². The van der Waals surface area contributed by atoms with Gasteiger partial charge in [0.2, 0.25) is 10.0 Å². The number of benzene rings is 2. The zero-order chi connectivity index (χ0) is 27.7. The Kier molecular flexibility index (Phi) is 7.37. The van der Waals surface area contributed by atoms with Crippen molar-refractivity contribution in [1.29, 1.82) is 0 Å². The fourth-order valence-corrected chi connectivity index (χ4v) is 6.52. The Morgan fingerprint density at radius 3 is 2.77 bits per heavy atom. The van der Waals surface area contributed by atoms with E-state index in [4.69, 9.17) is 9.47 Å². The van der Waals surface area contributed by atoms with Crippen LogP contribution in [0.5, 0.6) is 5.75 Å². The predicted molar refractivity (Wildman–Crippen MR) is 145 cm³/mol. The SMILES string of the molecule is CCOC(=O)CC(c1ccc(C)c(CN2C[C@@H](C)Oc3ccccc3S2(=O)=O)c1)c1cnc2c(c1)nnn2C. The number of esters is 1. The van der Waals surface area contributed by atoms with E-state index < -0.39 is 10.0 Å². The van der Waals surface area contributed by atoms with Crippen LogP contribution >= 0.6 is 0 Å². The predicted octanol–water partition coefficient (Wildman–Crippen LogP) is 3.73. The maximum absolute atomic E-state index is 13.6. The van der Waals surface area contributed by atoms with E-state index in [2.05, 4.69) is 15.3 Å². The number of carbonyl (C=O) groups excluding carboxylic acids is 1. The Bertz CT molecular complexity index is 1630. The number of carbonyl (C=O) groups is 1. The highest BCUT2D eigenvalue weighted by Gasteiger charge is 2.33. The van der Waals surface area contributed by atoms with Crippen LogP contribution in [0.2, 0.25) is 0 Å². The normalized spacial score (nSPS) is 17.7. The Labute approximate surface area is 227 Å². The summed E-state index contributed by atoms with van der Waals surface area (Å²) in [6.45, 7) is 6.23. The van der Waals surface area contributed by atoms with Crippen LogP contribution in [0.15, 0.2) is 59.6 Å². The highest BCUT2D eigenvalue weighted by Crippen LogP contribution is 2.34. The molecule has 11 heteroatoms. The molecule has 0 aliphatic carbocycles. The maximum atomic E-state index is 13.6. The standard InChI is InChI=1S/C28H31N5O5S/c1-5-37-27(34)14-23(21-13-24-28(29-15-21)32(4)31-30-24)20-11-10-18(2)22(12-20)17-33-16-19(3)38-25-8-6-7-9-26(25)39(33,35)36/h6-13,15,19,23H,5,14,16-17H2,1-4H3/t19-,23?/m1/s1. The van der Waals surface area contributed by atoms with Gasteiger partial charge in [-0.3, -0.25) is 4.79 Å². The molecule has 4 aromatic rings. The van der Waals surface area contributed by atoms with Crippen LogP contribution in [0.1, 0.15) is 48.4 Å². The first-order chi connectivity index (χ1) is 18.7. The summed E-state index contributed by atoms with van der Waals surface area (Å²) in [4.78, 5) is 17.3. The molecule has 0 saturated carbocycles. The van der Waals surface area contributed by atoms with Crippen LogP contribution in [0.25, 0.3) is 11.2 Å². The highest BCUT2D eigenvalue weighted by atomic mass is 32.2. The smallest absolute Gasteiger partial charge is 0.306 e. The number of fused-ring (bicyclic) bond motifs is 2. The van der Waals surface area contributed by atoms with Gasteiger partial charge in [-0.1, -0.05) is 35.5 Å². The van der Waals surface area contributed by atoms with Crippen LogP contribution in [0.3, 0.4) is 0 Å². The second kappa shape index (κ2) is 10.7. The minimum Gasteiger partial charge on any atom is -0.488 e.